The number of esters is 1. The molecule has 0 saturated carbocycles. The van der Waals surface area contributed by atoms with Crippen LogP contribution in [-0.4, -0.2) is 18.1 Å². The molecule has 0 saturated heterocycles. The van der Waals surface area contributed by atoms with Crippen LogP contribution in [0.2, 0.25) is 0 Å². The van der Waals surface area contributed by atoms with Crippen LogP contribution in [-0.2, 0) is 10.5 Å². The van der Waals surface area contributed by atoms with Gasteiger partial charge in [0.1, 0.15) is 5.69 Å². The normalized spacial score (nSPS) is 9.50. The summed E-state index contributed by atoms with van der Waals surface area (Å²) >= 11 is 4.04. The van der Waals surface area contributed by atoms with Crippen LogP contribution in [0.5, 0.6) is 0 Å². The highest BCUT2D eigenvalue weighted by atomic mass is 32.1. The van der Waals surface area contributed by atoms with Gasteiger partial charge in [-0.1, -0.05) is 6.07 Å². The third-order valence-corrected chi connectivity index (χ3v) is 1.69. The molecule has 0 aliphatic rings. The predicted molar refractivity (Wildman–Crippen MR) is 48.3 cm³/mol. The summed E-state index contributed by atoms with van der Waals surface area (Å²) in [6.45, 7) is 0. The second kappa shape index (κ2) is 4.11. The largest absolute Gasteiger partial charge is 0.464 e. The molecule has 1 aromatic rings. The Morgan fingerprint density at radius 3 is 3.00 bits per heavy atom. The topological polar surface area (TPSA) is 39.2 Å². The van der Waals surface area contributed by atoms with Crippen molar-refractivity contribution in [3.63, 3.8) is 0 Å². The van der Waals surface area contributed by atoms with Crippen LogP contribution in [0.4, 0.5) is 0 Å². The molecule has 64 valence electrons. The monoisotopic (exact) mass is 183 g/mol. The van der Waals surface area contributed by atoms with E-state index in [0.29, 0.717) is 11.4 Å². The van der Waals surface area contributed by atoms with E-state index in [-0.39, 0.29) is 0 Å². The maximum absolute atomic E-state index is 11.0. The van der Waals surface area contributed by atoms with Crippen LogP contribution in [0.1, 0.15) is 16.2 Å². The van der Waals surface area contributed by atoms with Crippen molar-refractivity contribution >= 4 is 18.6 Å². The number of hydrogen-bond donors (Lipinski definition) is 1. The Labute approximate surface area is 76.2 Å². The molecular weight excluding hydrogens is 174 g/mol. The first-order valence-electron chi connectivity index (χ1n) is 3.43. The van der Waals surface area contributed by atoms with Crippen molar-refractivity contribution in [1.82, 2.24) is 4.98 Å². The number of nitrogens with zero attached hydrogens (tertiary/aromatic N) is 1. The van der Waals surface area contributed by atoms with Gasteiger partial charge in [0.05, 0.1) is 12.8 Å². The quantitative estimate of drug-likeness (QED) is 0.555. The van der Waals surface area contributed by atoms with Crippen molar-refractivity contribution < 1.29 is 9.53 Å². The van der Waals surface area contributed by atoms with Gasteiger partial charge in [0.15, 0.2) is 0 Å². The fourth-order valence-electron chi connectivity index (χ4n) is 0.786. The molecule has 0 atom stereocenters. The number of aromatic nitrogens is 1. The fourth-order valence-corrected chi connectivity index (χ4v) is 0.962. The average molecular weight is 183 g/mol. The van der Waals surface area contributed by atoms with Gasteiger partial charge in [-0.05, 0) is 12.1 Å². The van der Waals surface area contributed by atoms with Crippen LogP contribution >= 0.6 is 12.6 Å². The van der Waals surface area contributed by atoms with E-state index >= 15 is 0 Å². The van der Waals surface area contributed by atoms with Crippen molar-refractivity contribution in [2.24, 2.45) is 0 Å². The maximum atomic E-state index is 11.0. The lowest BCUT2D eigenvalue weighted by atomic mass is 10.3. The van der Waals surface area contributed by atoms with E-state index in [4.69, 9.17) is 0 Å². The molecule has 0 aliphatic carbocycles. The molecule has 3 nitrogen and oxygen atoms in total. The average Bonchev–Trinajstić information content (AvgIpc) is 2.17. The molecule has 0 aromatic carbocycles. The highest BCUT2D eigenvalue weighted by Crippen LogP contribution is 2.02. The van der Waals surface area contributed by atoms with Crippen molar-refractivity contribution in [1.29, 1.82) is 0 Å². The molecule has 0 aliphatic heterocycles. The van der Waals surface area contributed by atoms with Gasteiger partial charge in [-0.2, -0.15) is 12.6 Å². The number of ether oxygens (including phenoxy) is 1. The van der Waals surface area contributed by atoms with Crippen molar-refractivity contribution in [2.75, 3.05) is 7.11 Å². The third kappa shape index (κ3) is 1.98. The number of methoxy groups -OCH3 is 1. The zero-order valence-corrected chi connectivity index (χ0v) is 7.54. The Morgan fingerprint density at radius 2 is 2.42 bits per heavy atom. The first kappa shape index (κ1) is 9.06. The van der Waals surface area contributed by atoms with Crippen LogP contribution in [0.3, 0.4) is 0 Å². The SMILES string of the molecule is COC(=O)c1cccc(CS)n1. The van der Waals surface area contributed by atoms with E-state index in [9.17, 15) is 4.79 Å². The molecule has 0 amide bonds. The molecule has 0 bridgehead atoms. The minimum Gasteiger partial charge on any atom is -0.464 e. The van der Waals surface area contributed by atoms with E-state index in [0.717, 1.165) is 5.69 Å². The summed E-state index contributed by atoms with van der Waals surface area (Å²) in [6.07, 6.45) is 0. The molecule has 0 N–H and O–H groups in total. The van der Waals surface area contributed by atoms with E-state index in [1.165, 1.54) is 7.11 Å². The zero-order valence-electron chi connectivity index (χ0n) is 6.65. The van der Waals surface area contributed by atoms with E-state index in [2.05, 4.69) is 22.3 Å². The van der Waals surface area contributed by atoms with Gasteiger partial charge < -0.3 is 4.74 Å². The van der Waals surface area contributed by atoms with Gasteiger partial charge >= 0.3 is 5.97 Å². The third-order valence-electron chi connectivity index (χ3n) is 1.36. The highest BCUT2D eigenvalue weighted by molar-refractivity contribution is 7.79. The van der Waals surface area contributed by atoms with Crippen LogP contribution in [0.25, 0.3) is 0 Å². The molecule has 12 heavy (non-hydrogen) atoms. The Kier molecular flexibility index (Phi) is 3.10. The minimum atomic E-state index is -0.418. The summed E-state index contributed by atoms with van der Waals surface area (Å²) in [6, 6.07) is 5.17. The maximum Gasteiger partial charge on any atom is 0.356 e. The number of pyridine rings is 1. The van der Waals surface area contributed by atoms with Gasteiger partial charge in [0.25, 0.3) is 0 Å². The summed E-state index contributed by atoms with van der Waals surface area (Å²) in [7, 11) is 1.33. The number of rotatable bonds is 2. The molecule has 1 aromatic heterocycles. The minimum absolute atomic E-state index is 0.323. The molecule has 1 rings (SSSR count). The number of thiol groups is 1. The Balaban J connectivity index is 2.93. The highest BCUT2D eigenvalue weighted by Gasteiger charge is 2.05. The van der Waals surface area contributed by atoms with E-state index < -0.39 is 5.97 Å². The number of carbonyl (C=O) groups excluding carboxylic acids is 1. The molecule has 0 fully saturated rings. The first-order chi connectivity index (χ1) is 5.77. The van der Waals surface area contributed by atoms with Gasteiger partial charge in [0.2, 0.25) is 0 Å². The van der Waals surface area contributed by atoms with Gasteiger partial charge in [-0.25, -0.2) is 9.78 Å². The molecule has 0 radical (unpaired) electrons. The summed E-state index contributed by atoms with van der Waals surface area (Å²) in [4.78, 5) is 15.0. The van der Waals surface area contributed by atoms with E-state index in [1.807, 2.05) is 0 Å². The smallest absolute Gasteiger partial charge is 0.356 e. The second-order valence-corrected chi connectivity index (χ2v) is 2.48. The number of hydrogen-bond acceptors (Lipinski definition) is 4. The van der Waals surface area contributed by atoms with Crippen molar-refractivity contribution in [2.45, 2.75) is 5.75 Å². The lowest BCUT2D eigenvalue weighted by molar-refractivity contribution is 0.0594. The van der Waals surface area contributed by atoms with Crippen molar-refractivity contribution in [3.05, 3.63) is 29.6 Å². The van der Waals surface area contributed by atoms with Crippen LogP contribution in [0, 0.1) is 0 Å². The standard InChI is InChI=1S/C8H9NO2S/c1-11-8(10)7-4-2-3-6(5-12)9-7/h2-4,12H,5H2,1H3. The molecule has 0 spiro atoms. The lowest BCUT2D eigenvalue weighted by Gasteiger charge is -1.99. The molecule has 1 heterocycles. The lowest BCUT2D eigenvalue weighted by Crippen LogP contribution is -2.04. The van der Waals surface area contributed by atoms with Crippen LogP contribution in [0.15, 0.2) is 18.2 Å². The van der Waals surface area contributed by atoms with Crippen LogP contribution < -0.4 is 0 Å². The fraction of sp³-hybridized carbons (Fsp3) is 0.250. The van der Waals surface area contributed by atoms with Crippen molar-refractivity contribution in [3.8, 4) is 0 Å². The first-order valence-corrected chi connectivity index (χ1v) is 4.06. The van der Waals surface area contributed by atoms with Gasteiger partial charge in [0, 0.05) is 5.75 Å². The Bertz CT molecular complexity index is 288. The predicted octanol–water partition coefficient (Wildman–Crippen LogP) is 1.30. The summed E-state index contributed by atoms with van der Waals surface area (Å²) in [5.41, 5.74) is 1.09. The Hall–Kier alpha value is -1.03. The second-order valence-electron chi connectivity index (χ2n) is 2.16. The summed E-state index contributed by atoms with van der Waals surface area (Å²) < 4.78 is 4.51. The van der Waals surface area contributed by atoms with Gasteiger partial charge in [-0.3, -0.25) is 0 Å². The molecular formula is C8H9NO2S. The van der Waals surface area contributed by atoms with Gasteiger partial charge in [-0.15, -0.1) is 0 Å². The Morgan fingerprint density at radius 1 is 1.67 bits per heavy atom. The number of carbonyl (C=O) groups is 1. The molecule has 4 heteroatoms. The molecule has 0 unspecified atom stereocenters. The summed E-state index contributed by atoms with van der Waals surface area (Å²) in [5.74, 6) is 0.101. The van der Waals surface area contributed by atoms with E-state index in [1.54, 1.807) is 18.2 Å². The summed E-state index contributed by atoms with van der Waals surface area (Å²) in [5, 5.41) is 0. The zero-order chi connectivity index (χ0) is 8.97.